The number of benzene rings is 2. The molecule has 4 nitrogen and oxygen atoms in total. The second-order valence-corrected chi connectivity index (χ2v) is 8.31. The zero-order valence-electron chi connectivity index (χ0n) is 17.7. The van der Waals surface area contributed by atoms with E-state index >= 15 is 0 Å². The summed E-state index contributed by atoms with van der Waals surface area (Å²) in [6, 6.07) is 16.0. The summed E-state index contributed by atoms with van der Waals surface area (Å²) in [6.45, 7) is 0. The summed E-state index contributed by atoms with van der Waals surface area (Å²) >= 11 is 0. The van der Waals surface area contributed by atoms with Crippen molar-refractivity contribution in [3.8, 4) is 11.3 Å². The van der Waals surface area contributed by atoms with Crippen molar-refractivity contribution in [2.45, 2.75) is 51.4 Å². The van der Waals surface area contributed by atoms with Crippen LogP contribution in [0.2, 0.25) is 0 Å². The molecule has 5 heteroatoms. The molecule has 4 rings (SSSR count). The molecular weight excluding hydrogens is 389 g/mol. The first-order valence-corrected chi connectivity index (χ1v) is 11.1. The number of carbonyl (C=O) groups is 1. The van der Waals surface area contributed by atoms with E-state index < -0.39 is 0 Å². The van der Waals surface area contributed by atoms with Crippen LogP contribution in [0.3, 0.4) is 0 Å². The van der Waals surface area contributed by atoms with Gasteiger partial charge in [0.15, 0.2) is 5.82 Å². The molecule has 0 bridgehead atoms. The van der Waals surface area contributed by atoms with Crippen LogP contribution in [0, 0.1) is 11.7 Å². The first kappa shape index (κ1) is 21.2. The van der Waals surface area contributed by atoms with Crippen molar-refractivity contribution in [3.63, 3.8) is 0 Å². The average molecular weight is 418 g/mol. The van der Waals surface area contributed by atoms with Crippen LogP contribution in [0.5, 0.6) is 0 Å². The molecular formula is C26H28FN3O. The number of aryl methyl sites for hydroxylation is 1. The fourth-order valence-corrected chi connectivity index (χ4v) is 4.23. The lowest BCUT2D eigenvalue weighted by molar-refractivity contribution is -0.115. The van der Waals surface area contributed by atoms with Crippen molar-refractivity contribution >= 4 is 11.7 Å². The smallest absolute Gasteiger partial charge is 0.229 e. The Bertz CT molecular complexity index is 999. The second-order valence-electron chi connectivity index (χ2n) is 8.31. The summed E-state index contributed by atoms with van der Waals surface area (Å²) < 4.78 is 13.1. The van der Waals surface area contributed by atoms with Gasteiger partial charge in [0.1, 0.15) is 5.82 Å². The molecule has 1 aliphatic carbocycles. The highest BCUT2D eigenvalue weighted by molar-refractivity contribution is 5.91. The summed E-state index contributed by atoms with van der Waals surface area (Å²) in [4.78, 5) is 22.0. The minimum Gasteiger partial charge on any atom is -0.309 e. The molecule has 0 atom stereocenters. The maximum atomic E-state index is 13.1. The van der Waals surface area contributed by atoms with Crippen LogP contribution in [-0.2, 0) is 17.6 Å². The minimum atomic E-state index is -0.309. The van der Waals surface area contributed by atoms with Crippen molar-refractivity contribution in [1.82, 2.24) is 9.97 Å². The van der Waals surface area contributed by atoms with Gasteiger partial charge in [0, 0.05) is 5.56 Å². The lowest BCUT2D eigenvalue weighted by Crippen LogP contribution is -2.18. The molecule has 160 valence electrons. The quantitative estimate of drug-likeness (QED) is 0.515. The molecule has 1 aliphatic rings. The van der Waals surface area contributed by atoms with Gasteiger partial charge in [-0.25, -0.2) is 14.4 Å². The van der Waals surface area contributed by atoms with E-state index in [4.69, 9.17) is 4.98 Å². The van der Waals surface area contributed by atoms with Crippen LogP contribution in [-0.4, -0.2) is 15.9 Å². The zero-order valence-corrected chi connectivity index (χ0v) is 17.7. The number of hydrogen-bond acceptors (Lipinski definition) is 3. The summed E-state index contributed by atoms with van der Waals surface area (Å²) in [5, 5.41) is 2.93. The van der Waals surface area contributed by atoms with Gasteiger partial charge in [0.05, 0.1) is 24.0 Å². The van der Waals surface area contributed by atoms with Gasteiger partial charge in [0.2, 0.25) is 5.91 Å². The summed E-state index contributed by atoms with van der Waals surface area (Å²) in [5.41, 5.74) is 3.42. The number of nitrogens with one attached hydrogen (secondary N) is 1. The molecule has 1 fully saturated rings. The fourth-order valence-electron chi connectivity index (χ4n) is 4.23. The van der Waals surface area contributed by atoms with Crippen LogP contribution in [0.1, 0.15) is 49.8 Å². The van der Waals surface area contributed by atoms with Crippen LogP contribution >= 0.6 is 0 Å². The van der Waals surface area contributed by atoms with Gasteiger partial charge in [-0.1, -0.05) is 74.6 Å². The first-order valence-electron chi connectivity index (χ1n) is 11.1. The monoisotopic (exact) mass is 417 g/mol. The topological polar surface area (TPSA) is 54.9 Å². The van der Waals surface area contributed by atoms with E-state index in [0.717, 1.165) is 41.3 Å². The molecule has 1 N–H and O–H groups in total. The Labute approximate surface area is 183 Å². The number of halogens is 1. The van der Waals surface area contributed by atoms with Gasteiger partial charge < -0.3 is 5.32 Å². The van der Waals surface area contributed by atoms with Crippen molar-refractivity contribution in [1.29, 1.82) is 0 Å². The Morgan fingerprint density at radius 2 is 1.74 bits per heavy atom. The van der Waals surface area contributed by atoms with Crippen LogP contribution in [0.4, 0.5) is 10.2 Å². The summed E-state index contributed by atoms with van der Waals surface area (Å²) in [7, 11) is 0. The van der Waals surface area contributed by atoms with Gasteiger partial charge in [-0.3, -0.25) is 4.79 Å². The van der Waals surface area contributed by atoms with E-state index in [9.17, 15) is 9.18 Å². The summed E-state index contributed by atoms with van der Waals surface area (Å²) in [6.07, 6.45) is 10.2. The molecule has 31 heavy (non-hydrogen) atoms. The molecule has 1 saturated carbocycles. The maximum absolute atomic E-state index is 13.1. The van der Waals surface area contributed by atoms with Gasteiger partial charge in [-0.05, 0) is 36.5 Å². The number of amides is 1. The van der Waals surface area contributed by atoms with E-state index in [1.54, 1.807) is 18.3 Å². The third-order valence-corrected chi connectivity index (χ3v) is 5.96. The molecule has 1 aromatic heterocycles. The number of aromatic nitrogens is 2. The van der Waals surface area contributed by atoms with E-state index in [0.29, 0.717) is 5.82 Å². The van der Waals surface area contributed by atoms with E-state index in [1.165, 1.54) is 44.2 Å². The van der Waals surface area contributed by atoms with Crippen LogP contribution in [0.25, 0.3) is 11.3 Å². The Balaban J connectivity index is 1.51. The van der Waals surface area contributed by atoms with Crippen LogP contribution < -0.4 is 5.32 Å². The largest absolute Gasteiger partial charge is 0.309 e. The number of hydrogen-bond donors (Lipinski definition) is 1. The van der Waals surface area contributed by atoms with Crippen molar-refractivity contribution in [2.75, 3.05) is 5.32 Å². The molecule has 0 saturated heterocycles. The molecule has 0 aliphatic heterocycles. The number of rotatable bonds is 7. The van der Waals surface area contributed by atoms with Crippen molar-refractivity contribution in [3.05, 3.63) is 77.9 Å². The number of anilines is 1. The van der Waals surface area contributed by atoms with Crippen LogP contribution in [0.15, 0.2) is 60.8 Å². The standard InChI is InChI=1S/C26H28FN3O/c27-22-14-11-20(12-15-22)17-25(31)30-26-23(16-13-19-7-3-1-4-8-19)29-24(18-28-26)21-9-5-2-6-10-21/h2,5-6,9-12,14-15,18-19H,1,3-4,7-8,13,16-17H2,(H,28,30,31). The fraction of sp³-hybridized carbons (Fsp3) is 0.346. The highest BCUT2D eigenvalue weighted by Gasteiger charge is 2.17. The Hall–Kier alpha value is -3.08. The van der Waals surface area contributed by atoms with Crippen molar-refractivity contribution in [2.24, 2.45) is 5.92 Å². The maximum Gasteiger partial charge on any atom is 0.229 e. The third kappa shape index (κ3) is 5.97. The predicted molar refractivity (Wildman–Crippen MR) is 121 cm³/mol. The zero-order chi connectivity index (χ0) is 21.5. The highest BCUT2D eigenvalue weighted by Crippen LogP contribution is 2.29. The third-order valence-electron chi connectivity index (χ3n) is 5.96. The van der Waals surface area contributed by atoms with E-state index in [-0.39, 0.29) is 18.1 Å². The highest BCUT2D eigenvalue weighted by atomic mass is 19.1. The SMILES string of the molecule is O=C(Cc1ccc(F)cc1)Nc1ncc(-c2ccccc2)nc1CCC1CCCCC1. The molecule has 1 heterocycles. The predicted octanol–water partition coefficient (Wildman–Crippen LogP) is 5.98. The lowest BCUT2D eigenvalue weighted by atomic mass is 9.86. The average Bonchev–Trinajstić information content (AvgIpc) is 2.81. The molecule has 1 amide bonds. The van der Waals surface area contributed by atoms with Gasteiger partial charge in [0.25, 0.3) is 0 Å². The van der Waals surface area contributed by atoms with E-state index in [2.05, 4.69) is 10.3 Å². The molecule has 0 spiro atoms. The molecule has 0 radical (unpaired) electrons. The Morgan fingerprint density at radius 1 is 1.00 bits per heavy atom. The Morgan fingerprint density at radius 3 is 2.48 bits per heavy atom. The first-order chi connectivity index (χ1) is 15.2. The molecule has 2 aromatic carbocycles. The van der Waals surface area contributed by atoms with Crippen molar-refractivity contribution < 1.29 is 9.18 Å². The lowest BCUT2D eigenvalue weighted by Gasteiger charge is -2.21. The molecule has 0 unspecified atom stereocenters. The van der Waals surface area contributed by atoms with Gasteiger partial charge in [-0.2, -0.15) is 0 Å². The number of carbonyl (C=O) groups excluding carboxylic acids is 1. The van der Waals surface area contributed by atoms with E-state index in [1.807, 2.05) is 30.3 Å². The van der Waals surface area contributed by atoms with Gasteiger partial charge in [-0.15, -0.1) is 0 Å². The summed E-state index contributed by atoms with van der Waals surface area (Å²) in [5.74, 6) is 0.769. The normalized spacial score (nSPS) is 14.4. The second kappa shape index (κ2) is 10.3. The van der Waals surface area contributed by atoms with Gasteiger partial charge >= 0.3 is 0 Å². The molecule has 3 aromatic rings. The Kier molecular flexibility index (Phi) is 7.03. The number of nitrogens with zero attached hydrogens (tertiary/aromatic N) is 2. The minimum absolute atomic E-state index is 0.171.